The van der Waals surface area contributed by atoms with Gasteiger partial charge in [0.2, 0.25) is 5.91 Å². The van der Waals surface area contributed by atoms with Crippen molar-refractivity contribution in [3.63, 3.8) is 0 Å². The van der Waals surface area contributed by atoms with Crippen molar-refractivity contribution in [2.75, 3.05) is 10.6 Å². The minimum Gasteiger partial charge on any atom is -0.325 e. The Bertz CT molecular complexity index is 1680. The van der Waals surface area contributed by atoms with E-state index in [0.29, 0.717) is 33.1 Å². The number of thioether (sulfide) groups is 1. The zero-order chi connectivity index (χ0) is 30.9. The second-order valence-corrected chi connectivity index (χ2v) is 11.3. The monoisotopic (exact) mass is 614 g/mol. The van der Waals surface area contributed by atoms with Crippen LogP contribution in [0.5, 0.6) is 0 Å². The first-order valence-corrected chi connectivity index (χ1v) is 14.3. The van der Waals surface area contributed by atoms with Gasteiger partial charge in [-0.2, -0.15) is 0 Å². The van der Waals surface area contributed by atoms with E-state index in [2.05, 4.69) is 16.0 Å². The summed E-state index contributed by atoms with van der Waals surface area (Å²) < 4.78 is 0. The Labute approximate surface area is 257 Å². The average molecular weight is 615 g/mol. The Morgan fingerprint density at radius 3 is 2.23 bits per heavy atom. The van der Waals surface area contributed by atoms with Crippen LogP contribution in [0.2, 0.25) is 5.02 Å². The molecule has 4 aromatic rings. The molecule has 218 valence electrons. The van der Waals surface area contributed by atoms with Gasteiger partial charge < -0.3 is 16.0 Å². The summed E-state index contributed by atoms with van der Waals surface area (Å²) in [6.07, 6.45) is 1.56. The summed E-state index contributed by atoms with van der Waals surface area (Å²) in [5.41, 5.74) is 2.57. The summed E-state index contributed by atoms with van der Waals surface area (Å²) in [6.45, 7) is 3.49. The Kier molecular flexibility index (Phi) is 10.3. The number of hydrogen-bond acceptors (Lipinski definition) is 6. The molecule has 43 heavy (non-hydrogen) atoms. The molecule has 0 spiro atoms. The summed E-state index contributed by atoms with van der Waals surface area (Å²) >= 11 is 7.28. The molecule has 0 aliphatic rings. The van der Waals surface area contributed by atoms with E-state index in [1.807, 2.05) is 0 Å². The van der Waals surface area contributed by atoms with Crippen molar-refractivity contribution in [2.45, 2.75) is 24.0 Å². The number of aryl methyl sites for hydroxylation is 1. The van der Waals surface area contributed by atoms with Crippen LogP contribution in [0.1, 0.15) is 28.4 Å². The summed E-state index contributed by atoms with van der Waals surface area (Å²) in [4.78, 5) is 50.2. The normalized spacial score (nSPS) is 11.7. The largest absolute Gasteiger partial charge is 0.325 e. The highest BCUT2D eigenvalue weighted by Gasteiger charge is 2.18. The first-order valence-electron chi connectivity index (χ1n) is 13.1. The fraction of sp³-hybridized carbons (Fsp3) is 0.0938. The van der Waals surface area contributed by atoms with E-state index < -0.39 is 22.0 Å². The molecule has 0 fully saturated rings. The summed E-state index contributed by atoms with van der Waals surface area (Å²) in [5.74, 6) is -1.27. The van der Waals surface area contributed by atoms with E-state index in [9.17, 15) is 24.5 Å². The number of nitro groups is 1. The number of hydrogen-bond donors (Lipinski definition) is 3. The summed E-state index contributed by atoms with van der Waals surface area (Å²) in [5, 5.41) is 19.4. The molecular formula is C32H27ClN4O5S. The molecule has 0 aliphatic heterocycles. The van der Waals surface area contributed by atoms with Gasteiger partial charge in [-0.1, -0.05) is 48.0 Å². The number of nitrogens with zero attached hydrogens (tertiary/aromatic N) is 1. The molecule has 0 saturated heterocycles. The second-order valence-electron chi connectivity index (χ2n) is 9.41. The van der Waals surface area contributed by atoms with Gasteiger partial charge in [0.05, 0.1) is 15.9 Å². The molecule has 4 aromatic carbocycles. The summed E-state index contributed by atoms with van der Waals surface area (Å²) in [6, 6.07) is 26.6. The molecule has 0 heterocycles. The van der Waals surface area contributed by atoms with E-state index in [1.54, 1.807) is 105 Å². The third-order valence-corrected chi connectivity index (χ3v) is 7.56. The van der Waals surface area contributed by atoms with Crippen LogP contribution in [-0.2, 0) is 9.59 Å². The lowest BCUT2D eigenvalue weighted by molar-refractivity contribution is -0.384. The van der Waals surface area contributed by atoms with E-state index in [-0.39, 0.29) is 17.3 Å². The zero-order valence-corrected chi connectivity index (χ0v) is 24.7. The Morgan fingerprint density at radius 1 is 0.907 bits per heavy atom. The molecule has 1 unspecified atom stereocenters. The molecular weight excluding hydrogens is 588 g/mol. The quantitative estimate of drug-likeness (QED) is 0.0757. The number of nitrogens with one attached hydrogen (secondary N) is 3. The van der Waals surface area contributed by atoms with Crippen molar-refractivity contribution in [3.8, 4) is 0 Å². The van der Waals surface area contributed by atoms with Crippen LogP contribution in [0.4, 0.5) is 17.1 Å². The van der Waals surface area contributed by atoms with Gasteiger partial charge in [0, 0.05) is 33.3 Å². The van der Waals surface area contributed by atoms with Crippen molar-refractivity contribution in [1.82, 2.24) is 5.32 Å². The number of anilines is 2. The maximum atomic E-state index is 13.2. The van der Waals surface area contributed by atoms with Crippen molar-refractivity contribution in [2.24, 2.45) is 0 Å². The molecule has 0 aromatic heterocycles. The third-order valence-electron chi connectivity index (χ3n) is 6.19. The number of halogens is 1. The predicted molar refractivity (Wildman–Crippen MR) is 170 cm³/mol. The second kappa shape index (κ2) is 14.3. The van der Waals surface area contributed by atoms with E-state index in [1.165, 1.54) is 23.9 Å². The van der Waals surface area contributed by atoms with Crippen LogP contribution in [0.3, 0.4) is 0 Å². The van der Waals surface area contributed by atoms with Gasteiger partial charge in [0.1, 0.15) is 5.70 Å². The van der Waals surface area contributed by atoms with Crippen LogP contribution in [0, 0.1) is 17.0 Å². The van der Waals surface area contributed by atoms with Crippen molar-refractivity contribution in [1.29, 1.82) is 0 Å². The number of benzene rings is 4. The van der Waals surface area contributed by atoms with Crippen LogP contribution < -0.4 is 16.0 Å². The highest BCUT2D eigenvalue weighted by molar-refractivity contribution is 8.00. The topological polar surface area (TPSA) is 130 Å². The van der Waals surface area contributed by atoms with Crippen molar-refractivity contribution in [3.05, 3.63) is 135 Å². The Morgan fingerprint density at radius 2 is 1.58 bits per heavy atom. The highest BCUT2D eigenvalue weighted by atomic mass is 35.5. The fourth-order valence-electron chi connectivity index (χ4n) is 3.83. The summed E-state index contributed by atoms with van der Waals surface area (Å²) in [7, 11) is 0. The van der Waals surface area contributed by atoms with Crippen LogP contribution in [0.15, 0.2) is 108 Å². The molecule has 0 saturated carbocycles. The molecule has 3 N–H and O–H groups in total. The molecule has 0 aliphatic carbocycles. The van der Waals surface area contributed by atoms with Gasteiger partial charge in [-0.3, -0.25) is 24.5 Å². The number of rotatable bonds is 10. The zero-order valence-electron chi connectivity index (χ0n) is 23.2. The molecule has 0 radical (unpaired) electrons. The first kappa shape index (κ1) is 31.0. The lowest BCUT2D eigenvalue weighted by Gasteiger charge is -2.14. The maximum absolute atomic E-state index is 13.2. The molecule has 11 heteroatoms. The molecule has 1 atom stereocenters. The average Bonchev–Trinajstić information content (AvgIpc) is 3.00. The van der Waals surface area contributed by atoms with Crippen molar-refractivity contribution < 1.29 is 19.3 Å². The Hall–Kier alpha value is -4.93. The fourth-order valence-corrected chi connectivity index (χ4v) is 4.83. The van der Waals surface area contributed by atoms with Gasteiger partial charge in [0.15, 0.2) is 0 Å². The highest BCUT2D eigenvalue weighted by Crippen LogP contribution is 2.27. The Balaban J connectivity index is 1.43. The number of amides is 3. The van der Waals surface area contributed by atoms with E-state index in [0.717, 1.165) is 4.90 Å². The van der Waals surface area contributed by atoms with Crippen LogP contribution in [0.25, 0.3) is 6.08 Å². The molecule has 3 amide bonds. The maximum Gasteiger partial charge on any atom is 0.272 e. The minimum absolute atomic E-state index is 0.0383. The number of nitro benzene ring substituents is 1. The van der Waals surface area contributed by atoms with Crippen molar-refractivity contribution >= 4 is 64.2 Å². The SMILES string of the molecule is Cc1ccc([N+](=O)[O-])cc1NC(=O)C(C)Sc1ccc(NC(=O)/C(=C/c2ccc(Cl)cc2)NC(=O)c2ccccc2)cc1. The van der Waals surface area contributed by atoms with Gasteiger partial charge in [-0.05, 0) is 79.6 Å². The standard InChI is InChI=1S/C32H27ClN4O5S/c1-20-8-15-26(37(41)42)19-28(20)35-30(38)21(2)43-27-16-13-25(14-17-27)34-32(40)29(18-22-9-11-24(33)12-10-22)36-31(39)23-6-4-3-5-7-23/h3-19,21H,1-2H3,(H,34,40)(H,35,38)(H,36,39)/b29-18-. The van der Waals surface area contributed by atoms with Gasteiger partial charge in [-0.25, -0.2) is 0 Å². The lowest BCUT2D eigenvalue weighted by atomic mass is 10.1. The lowest BCUT2D eigenvalue weighted by Crippen LogP contribution is -2.30. The number of carbonyl (C=O) groups is 3. The van der Waals surface area contributed by atoms with E-state index in [4.69, 9.17) is 11.6 Å². The van der Waals surface area contributed by atoms with Gasteiger partial charge >= 0.3 is 0 Å². The molecule has 0 bridgehead atoms. The molecule has 4 rings (SSSR count). The van der Waals surface area contributed by atoms with Gasteiger partial charge in [-0.15, -0.1) is 11.8 Å². The number of non-ortho nitro benzene ring substituents is 1. The predicted octanol–water partition coefficient (Wildman–Crippen LogP) is 7.09. The van der Waals surface area contributed by atoms with Crippen LogP contribution >= 0.6 is 23.4 Å². The van der Waals surface area contributed by atoms with Gasteiger partial charge in [0.25, 0.3) is 17.5 Å². The minimum atomic E-state index is -0.528. The first-order chi connectivity index (χ1) is 20.6. The molecule has 9 nitrogen and oxygen atoms in total. The smallest absolute Gasteiger partial charge is 0.272 e. The van der Waals surface area contributed by atoms with Crippen LogP contribution in [-0.4, -0.2) is 27.9 Å². The number of carbonyl (C=O) groups excluding carboxylic acids is 3. The third kappa shape index (κ3) is 8.78. The van der Waals surface area contributed by atoms with E-state index >= 15 is 0 Å².